The van der Waals surface area contributed by atoms with Crippen LogP contribution in [0.2, 0.25) is 0 Å². The van der Waals surface area contributed by atoms with E-state index in [4.69, 9.17) is 9.47 Å². The zero-order chi connectivity index (χ0) is 13.1. The summed E-state index contributed by atoms with van der Waals surface area (Å²) in [5, 5.41) is 11.8. The number of aromatic nitrogens is 2. The first-order valence-corrected chi connectivity index (χ1v) is 6.85. The normalized spacial score (nSPS) is 20.5. The van der Waals surface area contributed by atoms with Crippen LogP contribution in [0.15, 0.2) is 6.07 Å². The van der Waals surface area contributed by atoms with Crippen molar-refractivity contribution in [3.8, 4) is 11.6 Å². The van der Waals surface area contributed by atoms with Gasteiger partial charge in [-0.1, -0.05) is 0 Å². The molecule has 104 valence electrons. The lowest BCUT2D eigenvalue weighted by atomic mass is 10.1. The summed E-state index contributed by atoms with van der Waals surface area (Å²) in [7, 11) is 2.17. The van der Waals surface area contributed by atoms with Gasteiger partial charge in [0.15, 0.2) is 5.75 Å². The number of hydrogen-bond acceptors (Lipinski definition) is 6. The molecule has 0 aromatic carbocycles. The Morgan fingerprint density at radius 2 is 2.05 bits per heavy atom. The second kappa shape index (κ2) is 5.71. The Labute approximate surface area is 113 Å². The molecular weight excluding hydrogens is 244 g/mol. The third-order valence-electron chi connectivity index (χ3n) is 3.65. The maximum atomic E-state index is 5.51. The third kappa shape index (κ3) is 3.13. The number of likely N-dealkylation sites (tertiary alicyclic amines) is 1. The van der Waals surface area contributed by atoms with E-state index in [1.165, 1.54) is 12.8 Å². The Morgan fingerprint density at radius 3 is 2.89 bits per heavy atom. The monoisotopic (exact) mass is 264 g/mol. The topological polar surface area (TPSA) is 59.5 Å². The van der Waals surface area contributed by atoms with Gasteiger partial charge in [-0.15, -0.1) is 5.10 Å². The summed E-state index contributed by atoms with van der Waals surface area (Å²) in [6.45, 7) is 4.18. The fourth-order valence-corrected chi connectivity index (χ4v) is 2.44. The van der Waals surface area contributed by atoms with E-state index in [1.807, 2.05) is 6.07 Å². The van der Waals surface area contributed by atoms with E-state index in [1.54, 1.807) is 0 Å². The third-order valence-corrected chi connectivity index (χ3v) is 3.65. The van der Waals surface area contributed by atoms with Crippen molar-refractivity contribution >= 4 is 0 Å². The van der Waals surface area contributed by atoms with E-state index in [9.17, 15) is 0 Å². The number of ether oxygens (including phenoxy) is 2. The summed E-state index contributed by atoms with van der Waals surface area (Å²) in [6.07, 6.45) is 2.38. The predicted molar refractivity (Wildman–Crippen MR) is 70.4 cm³/mol. The van der Waals surface area contributed by atoms with Gasteiger partial charge in [-0.3, -0.25) is 0 Å². The molecule has 1 N–H and O–H groups in total. The van der Waals surface area contributed by atoms with Crippen molar-refractivity contribution < 1.29 is 9.47 Å². The molecule has 0 aliphatic carbocycles. The first-order valence-electron chi connectivity index (χ1n) is 6.85. The molecule has 0 amide bonds. The van der Waals surface area contributed by atoms with Crippen molar-refractivity contribution in [2.75, 3.05) is 33.4 Å². The zero-order valence-corrected chi connectivity index (χ0v) is 11.3. The highest BCUT2D eigenvalue weighted by Crippen LogP contribution is 2.26. The lowest BCUT2D eigenvalue weighted by molar-refractivity contribution is 0.161. The number of nitrogens with zero attached hydrogens (tertiary/aromatic N) is 3. The Kier molecular flexibility index (Phi) is 3.79. The SMILES string of the molecule is CN1CCC(NCc2cc3c(nn2)OCCO3)CC1. The highest BCUT2D eigenvalue weighted by molar-refractivity contribution is 5.34. The van der Waals surface area contributed by atoms with Crippen LogP contribution in [0.5, 0.6) is 11.6 Å². The van der Waals surface area contributed by atoms with Crippen LogP contribution in [-0.2, 0) is 6.54 Å². The molecule has 6 nitrogen and oxygen atoms in total. The molecule has 0 bridgehead atoms. The minimum absolute atomic E-state index is 0.509. The van der Waals surface area contributed by atoms with Gasteiger partial charge in [0.25, 0.3) is 5.88 Å². The maximum absolute atomic E-state index is 5.51. The van der Waals surface area contributed by atoms with Crippen LogP contribution >= 0.6 is 0 Å². The van der Waals surface area contributed by atoms with E-state index in [0.29, 0.717) is 30.9 Å². The summed E-state index contributed by atoms with van der Waals surface area (Å²) in [5.41, 5.74) is 0.906. The largest absolute Gasteiger partial charge is 0.484 e. The van der Waals surface area contributed by atoms with E-state index >= 15 is 0 Å². The first kappa shape index (κ1) is 12.6. The van der Waals surface area contributed by atoms with Crippen molar-refractivity contribution in [3.63, 3.8) is 0 Å². The number of fused-ring (bicyclic) bond motifs is 1. The van der Waals surface area contributed by atoms with Crippen molar-refractivity contribution in [3.05, 3.63) is 11.8 Å². The molecular formula is C13H20N4O2. The van der Waals surface area contributed by atoms with Crippen LogP contribution in [-0.4, -0.2) is 54.5 Å². The molecule has 1 fully saturated rings. The highest BCUT2D eigenvalue weighted by atomic mass is 16.6. The summed E-state index contributed by atoms with van der Waals surface area (Å²) in [6, 6.07) is 2.50. The molecule has 1 aromatic heterocycles. The number of rotatable bonds is 3. The van der Waals surface area contributed by atoms with Crippen LogP contribution in [0.25, 0.3) is 0 Å². The maximum Gasteiger partial charge on any atom is 0.276 e. The Hall–Kier alpha value is -1.40. The van der Waals surface area contributed by atoms with Crippen LogP contribution < -0.4 is 14.8 Å². The molecule has 1 saturated heterocycles. The Morgan fingerprint density at radius 1 is 1.26 bits per heavy atom. The Bertz CT molecular complexity index is 433. The van der Waals surface area contributed by atoms with Crippen LogP contribution in [0.1, 0.15) is 18.5 Å². The lowest BCUT2D eigenvalue weighted by Gasteiger charge is -2.29. The van der Waals surface area contributed by atoms with Crippen LogP contribution in [0, 0.1) is 0 Å². The molecule has 2 aliphatic rings. The molecule has 0 spiro atoms. The van der Waals surface area contributed by atoms with E-state index in [2.05, 4.69) is 27.5 Å². The standard InChI is InChI=1S/C13H20N4O2/c1-17-4-2-10(3-5-17)14-9-11-8-12-13(16-15-11)19-7-6-18-12/h8,10,14H,2-7,9H2,1H3. The predicted octanol–water partition coefficient (Wildman–Crippen LogP) is 0.432. The number of nitrogens with one attached hydrogen (secondary N) is 1. The summed E-state index contributed by atoms with van der Waals surface area (Å²) < 4.78 is 10.9. The molecule has 3 heterocycles. The molecule has 0 radical (unpaired) electrons. The van der Waals surface area contributed by atoms with Gasteiger partial charge in [0, 0.05) is 18.7 Å². The van der Waals surface area contributed by atoms with Gasteiger partial charge in [-0.05, 0) is 33.0 Å². The molecule has 0 unspecified atom stereocenters. The van der Waals surface area contributed by atoms with Crippen molar-refractivity contribution in [2.24, 2.45) is 0 Å². The van der Waals surface area contributed by atoms with Crippen LogP contribution in [0.3, 0.4) is 0 Å². The minimum Gasteiger partial charge on any atom is -0.484 e. The highest BCUT2D eigenvalue weighted by Gasteiger charge is 2.18. The molecule has 19 heavy (non-hydrogen) atoms. The molecule has 0 atom stereocenters. The van der Waals surface area contributed by atoms with Gasteiger partial charge in [0.05, 0.1) is 5.69 Å². The minimum atomic E-state index is 0.509. The summed E-state index contributed by atoms with van der Waals surface area (Å²) in [4.78, 5) is 2.36. The summed E-state index contributed by atoms with van der Waals surface area (Å²) >= 11 is 0. The average molecular weight is 264 g/mol. The van der Waals surface area contributed by atoms with Crippen molar-refractivity contribution in [2.45, 2.75) is 25.4 Å². The fourth-order valence-electron chi connectivity index (χ4n) is 2.44. The average Bonchev–Trinajstić information content (AvgIpc) is 2.46. The molecule has 2 aliphatic heterocycles. The quantitative estimate of drug-likeness (QED) is 0.854. The van der Waals surface area contributed by atoms with Gasteiger partial charge < -0.3 is 19.7 Å². The van der Waals surface area contributed by atoms with Gasteiger partial charge in [0.1, 0.15) is 13.2 Å². The van der Waals surface area contributed by atoms with Gasteiger partial charge in [0.2, 0.25) is 0 Å². The fraction of sp³-hybridized carbons (Fsp3) is 0.692. The van der Waals surface area contributed by atoms with Gasteiger partial charge in [-0.25, -0.2) is 0 Å². The van der Waals surface area contributed by atoms with E-state index < -0.39 is 0 Å². The zero-order valence-electron chi connectivity index (χ0n) is 11.3. The van der Waals surface area contributed by atoms with Crippen molar-refractivity contribution in [1.29, 1.82) is 0 Å². The molecule has 3 rings (SSSR count). The van der Waals surface area contributed by atoms with Gasteiger partial charge in [-0.2, -0.15) is 5.10 Å². The Balaban J connectivity index is 1.55. The molecule has 1 aromatic rings. The second-order valence-corrected chi connectivity index (χ2v) is 5.16. The molecule has 6 heteroatoms. The van der Waals surface area contributed by atoms with Gasteiger partial charge >= 0.3 is 0 Å². The van der Waals surface area contributed by atoms with Crippen LogP contribution in [0.4, 0.5) is 0 Å². The number of piperidine rings is 1. The lowest BCUT2D eigenvalue weighted by Crippen LogP contribution is -2.40. The molecule has 0 saturated carbocycles. The van der Waals surface area contributed by atoms with E-state index in [-0.39, 0.29) is 0 Å². The smallest absolute Gasteiger partial charge is 0.276 e. The first-order chi connectivity index (χ1) is 9.31. The van der Waals surface area contributed by atoms with E-state index in [0.717, 1.165) is 25.3 Å². The van der Waals surface area contributed by atoms with Crippen molar-refractivity contribution in [1.82, 2.24) is 20.4 Å². The summed E-state index contributed by atoms with van der Waals surface area (Å²) in [5.74, 6) is 1.22. The second-order valence-electron chi connectivity index (χ2n) is 5.16. The number of hydrogen-bond donors (Lipinski definition) is 1.